The number of hydrogen-bond donors (Lipinski definition) is 0. The van der Waals surface area contributed by atoms with Crippen molar-refractivity contribution in [3.8, 4) is 0 Å². The first-order valence-corrected chi connectivity index (χ1v) is 7.73. The van der Waals surface area contributed by atoms with Crippen LogP contribution >= 0.6 is 0 Å². The van der Waals surface area contributed by atoms with Gasteiger partial charge in [-0.15, -0.1) is 0 Å². The number of hydrogen-bond acceptors (Lipinski definition) is 5. The van der Waals surface area contributed by atoms with E-state index in [1.807, 2.05) is 0 Å². The van der Waals surface area contributed by atoms with Gasteiger partial charge < -0.3 is 14.4 Å². The predicted molar refractivity (Wildman–Crippen MR) is 60.0 cm³/mol. The fourth-order valence-corrected chi connectivity index (χ4v) is 2.79. The molecule has 0 aromatic rings. The van der Waals surface area contributed by atoms with Crippen molar-refractivity contribution < 1.29 is 17.9 Å². The Hall–Kier alpha value is -0.170. The maximum Gasteiger partial charge on any atom is 0.170 e. The maximum atomic E-state index is 11.0. The molecular formula is C10H19NO4S. The lowest BCUT2D eigenvalue weighted by molar-refractivity contribution is -0.184. The van der Waals surface area contributed by atoms with Gasteiger partial charge in [0.15, 0.2) is 5.79 Å². The lowest BCUT2D eigenvalue weighted by Crippen LogP contribution is -2.46. The minimum absolute atomic E-state index is 0.238. The van der Waals surface area contributed by atoms with E-state index >= 15 is 0 Å². The van der Waals surface area contributed by atoms with Gasteiger partial charge in [0.05, 0.1) is 19.0 Å². The van der Waals surface area contributed by atoms with Gasteiger partial charge in [0.2, 0.25) is 0 Å². The van der Waals surface area contributed by atoms with Crippen LogP contribution in [-0.2, 0) is 19.3 Å². The van der Waals surface area contributed by atoms with Crippen molar-refractivity contribution in [3.63, 3.8) is 0 Å². The second-order valence-electron chi connectivity index (χ2n) is 4.58. The Morgan fingerprint density at radius 1 is 1.19 bits per heavy atom. The molecule has 5 nitrogen and oxygen atoms in total. The molecule has 2 aliphatic heterocycles. The zero-order chi connectivity index (χ0) is 11.6. The van der Waals surface area contributed by atoms with Crippen molar-refractivity contribution in [3.05, 3.63) is 0 Å². The highest BCUT2D eigenvalue weighted by atomic mass is 32.2. The zero-order valence-electron chi connectivity index (χ0n) is 9.65. The van der Waals surface area contributed by atoms with E-state index in [1.54, 1.807) is 0 Å². The largest absolute Gasteiger partial charge is 0.347 e. The topological polar surface area (TPSA) is 55.8 Å². The van der Waals surface area contributed by atoms with Gasteiger partial charge in [-0.05, 0) is 0 Å². The van der Waals surface area contributed by atoms with Crippen LogP contribution in [0.25, 0.3) is 0 Å². The first-order chi connectivity index (χ1) is 7.49. The van der Waals surface area contributed by atoms with Crippen molar-refractivity contribution in [2.75, 3.05) is 44.9 Å². The summed E-state index contributed by atoms with van der Waals surface area (Å²) in [7, 11) is -2.86. The monoisotopic (exact) mass is 249 g/mol. The van der Waals surface area contributed by atoms with Gasteiger partial charge in [-0.25, -0.2) is 8.42 Å². The molecule has 0 aromatic heterocycles. The number of piperidine rings is 1. The van der Waals surface area contributed by atoms with E-state index in [9.17, 15) is 8.42 Å². The van der Waals surface area contributed by atoms with Crippen molar-refractivity contribution in [2.45, 2.75) is 18.6 Å². The van der Waals surface area contributed by atoms with Gasteiger partial charge in [-0.1, -0.05) is 0 Å². The third-order valence-corrected chi connectivity index (χ3v) is 4.13. The molecule has 0 radical (unpaired) electrons. The summed E-state index contributed by atoms with van der Waals surface area (Å²) in [6, 6.07) is 0. The molecular weight excluding hydrogens is 230 g/mol. The molecule has 0 aliphatic carbocycles. The molecule has 0 saturated carbocycles. The maximum absolute atomic E-state index is 11.0. The predicted octanol–water partition coefficient (Wildman–Crippen LogP) is -0.130. The van der Waals surface area contributed by atoms with E-state index in [-0.39, 0.29) is 11.5 Å². The number of rotatable bonds is 3. The Balaban J connectivity index is 1.77. The highest BCUT2D eigenvalue weighted by Gasteiger charge is 2.39. The summed E-state index contributed by atoms with van der Waals surface area (Å²) >= 11 is 0. The average Bonchev–Trinajstić information content (AvgIpc) is 2.65. The Labute approximate surface area is 96.6 Å². The van der Waals surface area contributed by atoms with Crippen molar-refractivity contribution in [1.29, 1.82) is 0 Å². The third-order valence-electron chi connectivity index (χ3n) is 3.21. The summed E-state index contributed by atoms with van der Waals surface area (Å²) in [5.74, 6) is -0.122. The van der Waals surface area contributed by atoms with E-state index in [1.165, 1.54) is 6.26 Å². The van der Waals surface area contributed by atoms with Gasteiger partial charge in [-0.3, -0.25) is 0 Å². The van der Waals surface area contributed by atoms with Crippen LogP contribution in [0.2, 0.25) is 0 Å². The molecule has 2 aliphatic rings. The molecule has 0 unspecified atom stereocenters. The summed E-state index contributed by atoms with van der Waals surface area (Å²) < 4.78 is 33.3. The highest BCUT2D eigenvalue weighted by Crippen LogP contribution is 2.30. The molecule has 2 saturated heterocycles. The standard InChI is InChI=1S/C10H19NO4S/c1-16(12,13)9-6-11-4-2-10(3-5-11)14-7-8-15-10/h2-9H2,1H3. The second kappa shape index (κ2) is 4.60. The average molecular weight is 249 g/mol. The van der Waals surface area contributed by atoms with Crippen LogP contribution in [0, 0.1) is 0 Å². The molecule has 2 heterocycles. The SMILES string of the molecule is CS(=O)(=O)CCN1CCC2(CC1)OCCO2. The lowest BCUT2D eigenvalue weighted by atomic mass is 10.0. The number of sulfone groups is 1. The lowest BCUT2D eigenvalue weighted by Gasteiger charge is -2.37. The van der Waals surface area contributed by atoms with E-state index in [0.717, 1.165) is 25.9 Å². The van der Waals surface area contributed by atoms with E-state index in [4.69, 9.17) is 9.47 Å². The molecule has 94 valence electrons. The van der Waals surface area contributed by atoms with Crippen LogP contribution in [0.3, 0.4) is 0 Å². The van der Waals surface area contributed by atoms with Crippen LogP contribution in [0.15, 0.2) is 0 Å². The fourth-order valence-electron chi connectivity index (χ4n) is 2.20. The number of nitrogens with zero attached hydrogens (tertiary/aromatic N) is 1. The van der Waals surface area contributed by atoms with Gasteiger partial charge in [0.25, 0.3) is 0 Å². The quantitative estimate of drug-likeness (QED) is 0.697. The van der Waals surface area contributed by atoms with Crippen LogP contribution in [-0.4, -0.2) is 64.0 Å². The van der Waals surface area contributed by atoms with Gasteiger partial charge in [-0.2, -0.15) is 0 Å². The van der Waals surface area contributed by atoms with Gasteiger partial charge >= 0.3 is 0 Å². The van der Waals surface area contributed by atoms with E-state index in [0.29, 0.717) is 19.8 Å². The Morgan fingerprint density at radius 3 is 2.25 bits per heavy atom. The molecule has 2 fully saturated rings. The molecule has 0 amide bonds. The Morgan fingerprint density at radius 2 is 1.75 bits per heavy atom. The number of likely N-dealkylation sites (tertiary alicyclic amines) is 1. The van der Waals surface area contributed by atoms with Crippen LogP contribution in [0.4, 0.5) is 0 Å². The molecule has 0 N–H and O–H groups in total. The normalized spacial score (nSPS) is 26.3. The smallest absolute Gasteiger partial charge is 0.170 e. The Kier molecular flexibility index (Phi) is 3.53. The molecule has 0 aromatic carbocycles. The van der Waals surface area contributed by atoms with E-state index in [2.05, 4.69) is 4.90 Å². The van der Waals surface area contributed by atoms with Crippen molar-refractivity contribution >= 4 is 9.84 Å². The summed E-state index contributed by atoms with van der Waals surface area (Å²) in [5, 5.41) is 0. The first-order valence-electron chi connectivity index (χ1n) is 5.67. The first kappa shape index (κ1) is 12.3. The Bertz CT molecular complexity index is 325. The number of ether oxygens (including phenoxy) is 2. The molecule has 16 heavy (non-hydrogen) atoms. The minimum Gasteiger partial charge on any atom is -0.347 e. The van der Waals surface area contributed by atoms with Crippen molar-refractivity contribution in [2.24, 2.45) is 0 Å². The minimum atomic E-state index is -2.86. The molecule has 0 atom stereocenters. The summed E-state index contributed by atoms with van der Waals surface area (Å²) in [4.78, 5) is 2.16. The van der Waals surface area contributed by atoms with Crippen LogP contribution in [0.1, 0.15) is 12.8 Å². The summed E-state index contributed by atoms with van der Waals surface area (Å²) in [6.45, 7) is 3.70. The van der Waals surface area contributed by atoms with Crippen molar-refractivity contribution in [1.82, 2.24) is 4.90 Å². The fraction of sp³-hybridized carbons (Fsp3) is 1.00. The molecule has 1 spiro atoms. The summed E-state index contributed by atoms with van der Waals surface area (Å²) in [5.41, 5.74) is 0. The van der Waals surface area contributed by atoms with Gasteiger partial charge in [0, 0.05) is 38.7 Å². The summed E-state index contributed by atoms with van der Waals surface area (Å²) in [6.07, 6.45) is 2.97. The van der Waals surface area contributed by atoms with Crippen LogP contribution in [0.5, 0.6) is 0 Å². The highest BCUT2D eigenvalue weighted by molar-refractivity contribution is 7.90. The van der Waals surface area contributed by atoms with E-state index < -0.39 is 9.84 Å². The van der Waals surface area contributed by atoms with Crippen LogP contribution < -0.4 is 0 Å². The third kappa shape index (κ3) is 3.16. The van der Waals surface area contributed by atoms with Gasteiger partial charge in [0.1, 0.15) is 9.84 Å². The second-order valence-corrected chi connectivity index (χ2v) is 6.84. The molecule has 2 rings (SSSR count). The molecule has 0 bridgehead atoms. The zero-order valence-corrected chi connectivity index (χ0v) is 10.5. The molecule has 6 heteroatoms.